The summed E-state index contributed by atoms with van der Waals surface area (Å²) in [6.07, 6.45) is 12.9. The molecule has 1 aliphatic rings. The van der Waals surface area contributed by atoms with E-state index in [9.17, 15) is 0 Å². The molecule has 0 bridgehead atoms. The Morgan fingerprint density at radius 1 is 1.38 bits per heavy atom. The SMILES string of the molecule is C#CC(Nc1ncnc(N(C)OC)n1)NC1CCCCC1. The minimum absolute atomic E-state index is 0.295. The Hall–Kier alpha value is -1.91. The molecule has 1 saturated carbocycles. The maximum absolute atomic E-state index is 5.58. The molecule has 21 heavy (non-hydrogen) atoms. The molecule has 1 aromatic rings. The van der Waals surface area contributed by atoms with Crippen LogP contribution in [0.2, 0.25) is 0 Å². The monoisotopic (exact) mass is 290 g/mol. The number of hydroxylamine groups is 1. The van der Waals surface area contributed by atoms with Gasteiger partial charge in [-0.2, -0.15) is 9.97 Å². The van der Waals surface area contributed by atoms with Gasteiger partial charge in [-0.15, -0.1) is 6.42 Å². The molecule has 1 heterocycles. The topological polar surface area (TPSA) is 75.2 Å². The molecule has 0 amide bonds. The Morgan fingerprint density at radius 2 is 2.14 bits per heavy atom. The Morgan fingerprint density at radius 3 is 2.81 bits per heavy atom. The highest BCUT2D eigenvalue weighted by Gasteiger charge is 2.17. The van der Waals surface area contributed by atoms with Crippen LogP contribution in [-0.2, 0) is 4.84 Å². The maximum Gasteiger partial charge on any atom is 0.254 e. The van der Waals surface area contributed by atoms with Crippen LogP contribution in [-0.4, -0.2) is 41.3 Å². The molecular weight excluding hydrogens is 268 g/mol. The Kier molecular flexibility index (Phi) is 5.72. The zero-order chi connectivity index (χ0) is 15.1. The lowest BCUT2D eigenvalue weighted by atomic mass is 9.95. The van der Waals surface area contributed by atoms with Gasteiger partial charge in [0.1, 0.15) is 12.5 Å². The highest BCUT2D eigenvalue weighted by molar-refractivity contribution is 5.35. The molecule has 0 aliphatic heterocycles. The molecule has 1 fully saturated rings. The van der Waals surface area contributed by atoms with Crippen LogP contribution in [0, 0.1) is 12.3 Å². The van der Waals surface area contributed by atoms with E-state index >= 15 is 0 Å². The standard InChI is InChI=1S/C14H22N6O/c1-4-12(17-11-8-6-5-7-9-11)18-13-15-10-16-14(19-13)20(2)21-3/h1,10-12,17H,5-9H2,2-3H3,(H,15,16,18,19). The first-order valence-corrected chi connectivity index (χ1v) is 7.18. The lowest BCUT2D eigenvalue weighted by Gasteiger charge is -2.26. The van der Waals surface area contributed by atoms with E-state index in [1.807, 2.05) is 0 Å². The zero-order valence-electron chi connectivity index (χ0n) is 12.5. The molecule has 0 saturated heterocycles. The van der Waals surface area contributed by atoms with Crippen LogP contribution in [0.3, 0.4) is 0 Å². The summed E-state index contributed by atoms with van der Waals surface area (Å²) in [5.41, 5.74) is 0. The van der Waals surface area contributed by atoms with Crippen LogP contribution in [0.4, 0.5) is 11.9 Å². The van der Waals surface area contributed by atoms with Gasteiger partial charge in [-0.25, -0.2) is 10.0 Å². The summed E-state index contributed by atoms with van der Waals surface area (Å²) in [7, 11) is 3.27. The molecule has 7 nitrogen and oxygen atoms in total. The second-order valence-corrected chi connectivity index (χ2v) is 5.03. The number of anilines is 2. The molecule has 2 rings (SSSR count). The van der Waals surface area contributed by atoms with Gasteiger partial charge in [0, 0.05) is 13.1 Å². The second-order valence-electron chi connectivity index (χ2n) is 5.03. The van der Waals surface area contributed by atoms with E-state index in [-0.39, 0.29) is 6.17 Å². The van der Waals surface area contributed by atoms with Gasteiger partial charge in [0.05, 0.1) is 7.11 Å². The van der Waals surface area contributed by atoms with E-state index < -0.39 is 0 Å². The number of nitrogens with zero attached hydrogens (tertiary/aromatic N) is 4. The number of nitrogens with one attached hydrogen (secondary N) is 2. The molecule has 1 aliphatic carbocycles. The fourth-order valence-corrected chi connectivity index (χ4v) is 2.36. The summed E-state index contributed by atoms with van der Waals surface area (Å²) >= 11 is 0. The van der Waals surface area contributed by atoms with Crippen molar-refractivity contribution in [3.63, 3.8) is 0 Å². The third-order valence-corrected chi connectivity index (χ3v) is 3.56. The van der Waals surface area contributed by atoms with Crippen LogP contribution in [0.5, 0.6) is 0 Å². The molecule has 114 valence electrons. The minimum Gasteiger partial charge on any atom is -0.328 e. The lowest BCUT2D eigenvalue weighted by molar-refractivity contribution is 0.180. The van der Waals surface area contributed by atoms with Crippen LogP contribution < -0.4 is 15.7 Å². The molecule has 0 radical (unpaired) electrons. The van der Waals surface area contributed by atoms with E-state index in [1.165, 1.54) is 30.7 Å². The highest BCUT2D eigenvalue weighted by Crippen LogP contribution is 2.18. The summed E-state index contributed by atoms with van der Waals surface area (Å²) in [4.78, 5) is 17.4. The summed E-state index contributed by atoms with van der Waals surface area (Å²) in [5.74, 6) is 3.54. The van der Waals surface area contributed by atoms with Crippen LogP contribution in [0.1, 0.15) is 32.1 Å². The van der Waals surface area contributed by atoms with E-state index in [2.05, 4.69) is 31.5 Å². The molecule has 1 atom stereocenters. The highest BCUT2D eigenvalue weighted by atomic mass is 16.7. The van der Waals surface area contributed by atoms with Gasteiger partial charge in [-0.05, 0) is 12.8 Å². The first-order valence-electron chi connectivity index (χ1n) is 7.18. The molecule has 1 unspecified atom stereocenters. The normalized spacial score (nSPS) is 17.0. The van der Waals surface area contributed by atoms with E-state index in [0.29, 0.717) is 17.9 Å². The van der Waals surface area contributed by atoms with Crippen molar-refractivity contribution in [2.24, 2.45) is 0 Å². The summed E-state index contributed by atoms with van der Waals surface area (Å²) < 4.78 is 0. The summed E-state index contributed by atoms with van der Waals surface area (Å²) in [6.45, 7) is 0. The second kappa shape index (κ2) is 7.76. The number of aromatic nitrogens is 3. The first kappa shape index (κ1) is 15.5. The van der Waals surface area contributed by atoms with Gasteiger partial charge < -0.3 is 5.32 Å². The van der Waals surface area contributed by atoms with E-state index in [4.69, 9.17) is 11.3 Å². The predicted molar refractivity (Wildman–Crippen MR) is 81.5 cm³/mol. The Labute approximate surface area is 125 Å². The number of terminal acetylenes is 1. The minimum atomic E-state index is -0.295. The van der Waals surface area contributed by atoms with Crippen LogP contribution in [0.25, 0.3) is 0 Å². The third-order valence-electron chi connectivity index (χ3n) is 3.56. The average molecular weight is 290 g/mol. The average Bonchev–Trinajstić information content (AvgIpc) is 2.54. The summed E-state index contributed by atoms with van der Waals surface area (Å²) in [6, 6.07) is 0.454. The van der Waals surface area contributed by atoms with Crippen molar-refractivity contribution in [1.29, 1.82) is 0 Å². The van der Waals surface area contributed by atoms with Gasteiger partial charge in [-0.3, -0.25) is 10.2 Å². The number of hydrogen-bond donors (Lipinski definition) is 2. The third kappa shape index (κ3) is 4.55. The van der Waals surface area contributed by atoms with Crippen LogP contribution >= 0.6 is 0 Å². The van der Waals surface area contributed by atoms with Gasteiger partial charge >= 0.3 is 0 Å². The molecular formula is C14H22N6O. The van der Waals surface area contributed by atoms with Crippen molar-refractivity contribution in [3.8, 4) is 12.3 Å². The van der Waals surface area contributed by atoms with Crippen molar-refractivity contribution in [1.82, 2.24) is 20.3 Å². The van der Waals surface area contributed by atoms with Gasteiger partial charge in [0.2, 0.25) is 5.95 Å². The number of hydrogen-bond acceptors (Lipinski definition) is 7. The smallest absolute Gasteiger partial charge is 0.254 e. The van der Waals surface area contributed by atoms with Gasteiger partial charge in [0.25, 0.3) is 5.95 Å². The molecule has 0 spiro atoms. The van der Waals surface area contributed by atoms with Crippen LogP contribution in [0.15, 0.2) is 6.33 Å². The lowest BCUT2D eigenvalue weighted by Crippen LogP contribution is -2.43. The fraction of sp³-hybridized carbons (Fsp3) is 0.643. The van der Waals surface area contributed by atoms with E-state index in [1.54, 1.807) is 14.2 Å². The fourth-order valence-electron chi connectivity index (χ4n) is 2.36. The molecule has 0 aromatic carbocycles. The first-order chi connectivity index (χ1) is 10.2. The predicted octanol–water partition coefficient (Wildman–Crippen LogP) is 1.16. The zero-order valence-corrected chi connectivity index (χ0v) is 12.5. The number of rotatable bonds is 6. The van der Waals surface area contributed by atoms with Crippen molar-refractivity contribution in [2.75, 3.05) is 24.5 Å². The maximum atomic E-state index is 5.58. The van der Waals surface area contributed by atoms with Crippen molar-refractivity contribution < 1.29 is 4.84 Å². The summed E-state index contributed by atoms with van der Waals surface area (Å²) in [5, 5.41) is 7.98. The molecule has 1 aromatic heterocycles. The van der Waals surface area contributed by atoms with Gasteiger partial charge in [0.15, 0.2) is 0 Å². The quantitative estimate of drug-likeness (QED) is 0.462. The molecule has 7 heteroatoms. The molecule has 2 N–H and O–H groups in total. The van der Waals surface area contributed by atoms with Gasteiger partial charge in [-0.1, -0.05) is 25.2 Å². The Balaban J connectivity index is 1.96. The van der Waals surface area contributed by atoms with Crippen molar-refractivity contribution in [2.45, 2.75) is 44.3 Å². The van der Waals surface area contributed by atoms with E-state index in [0.717, 1.165) is 12.8 Å². The van der Waals surface area contributed by atoms with Crippen molar-refractivity contribution in [3.05, 3.63) is 6.33 Å². The van der Waals surface area contributed by atoms with Crippen molar-refractivity contribution >= 4 is 11.9 Å². The largest absolute Gasteiger partial charge is 0.328 e. The Bertz CT molecular complexity index is 483.